The summed E-state index contributed by atoms with van der Waals surface area (Å²) in [6.07, 6.45) is 0.0836. The minimum Gasteiger partial charge on any atom is -0.468 e. The van der Waals surface area contributed by atoms with E-state index < -0.39 is 6.10 Å². The first-order valence-electron chi connectivity index (χ1n) is 7.36. The Balaban J connectivity index is 1.92. The molecule has 0 spiro atoms. The Hall–Kier alpha value is -0.690. The van der Waals surface area contributed by atoms with Crippen molar-refractivity contribution in [2.24, 2.45) is 0 Å². The number of aliphatic hydroxyl groups excluding tert-OH is 1. The normalized spacial score (nSPS) is 32.8. The number of likely N-dealkylation sites (tertiary alicyclic amines) is 1. The summed E-state index contributed by atoms with van der Waals surface area (Å²) in [5, 5.41) is 9.78. The van der Waals surface area contributed by atoms with Crippen molar-refractivity contribution in [1.29, 1.82) is 0 Å². The number of ether oxygens (including phenoxy) is 2. The second-order valence-corrected chi connectivity index (χ2v) is 5.96. The number of carbonyl (C=O) groups is 1. The second-order valence-electron chi connectivity index (χ2n) is 5.96. The molecule has 0 bridgehead atoms. The molecule has 0 radical (unpaired) electrons. The van der Waals surface area contributed by atoms with Crippen LogP contribution in [0.15, 0.2) is 0 Å². The lowest BCUT2D eigenvalue weighted by molar-refractivity contribution is -0.146. The van der Waals surface area contributed by atoms with Gasteiger partial charge in [0.25, 0.3) is 0 Å². The second kappa shape index (κ2) is 6.85. The van der Waals surface area contributed by atoms with Crippen molar-refractivity contribution in [3.63, 3.8) is 0 Å². The van der Waals surface area contributed by atoms with E-state index in [0.717, 1.165) is 19.7 Å². The fourth-order valence-electron chi connectivity index (χ4n) is 3.05. The third-order valence-corrected chi connectivity index (χ3v) is 4.19. The average molecular weight is 286 g/mol. The van der Waals surface area contributed by atoms with Crippen molar-refractivity contribution in [2.45, 2.75) is 44.6 Å². The molecule has 2 aliphatic heterocycles. The molecule has 0 amide bonds. The zero-order valence-electron chi connectivity index (χ0n) is 12.6. The summed E-state index contributed by atoms with van der Waals surface area (Å²) in [6.45, 7) is 8.09. The quantitative estimate of drug-likeness (QED) is 0.716. The van der Waals surface area contributed by atoms with E-state index in [-0.39, 0.29) is 18.1 Å². The van der Waals surface area contributed by atoms with Gasteiger partial charge in [0.05, 0.1) is 25.9 Å². The van der Waals surface area contributed by atoms with Crippen LogP contribution < -0.4 is 0 Å². The molecule has 0 aromatic carbocycles. The van der Waals surface area contributed by atoms with Gasteiger partial charge < -0.3 is 14.6 Å². The first-order chi connectivity index (χ1) is 9.51. The standard InChI is InChI=1S/C14H26N2O4/c1-10(2)15-4-5-20-12(8-15)9-16-7-11(17)6-13(16)14(18)19-3/h10-13,17H,4-9H2,1-3H3. The largest absolute Gasteiger partial charge is 0.468 e. The molecule has 1 N–H and O–H groups in total. The molecule has 0 aromatic heterocycles. The predicted octanol–water partition coefficient (Wildman–Crippen LogP) is -0.296. The van der Waals surface area contributed by atoms with Crippen LogP contribution >= 0.6 is 0 Å². The van der Waals surface area contributed by atoms with Crippen molar-refractivity contribution in [3.8, 4) is 0 Å². The summed E-state index contributed by atoms with van der Waals surface area (Å²) < 4.78 is 10.6. The Morgan fingerprint density at radius 2 is 2.20 bits per heavy atom. The first kappa shape index (κ1) is 15.7. The fourth-order valence-corrected chi connectivity index (χ4v) is 3.05. The van der Waals surface area contributed by atoms with E-state index in [2.05, 4.69) is 18.7 Å². The SMILES string of the molecule is COC(=O)C1CC(O)CN1CC1CN(C(C)C)CCO1. The summed E-state index contributed by atoms with van der Waals surface area (Å²) >= 11 is 0. The number of methoxy groups -OCH3 is 1. The van der Waals surface area contributed by atoms with E-state index in [1.54, 1.807) is 0 Å². The maximum absolute atomic E-state index is 11.8. The number of rotatable bonds is 4. The van der Waals surface area contributed by atoms with Crippen LogP contribution in [0, 0.1) is 0 Å². The number of nitrogens with zero attached hydrogens (tertiary/aromatic N) is 2. The molecule has 0 aliphatic carbocycles. The Labute approximate surface area is 120 Å². The van der Waals surface area contributed by atoms with E-state index >= 15 is 0 Å². The minimum absolute atomic E-state index is 0.0867. The van der Waals surface area contributed by atoms with Crippen LogP contribution in [-0.2, 0) is 14.3 Å². The molecule has 0 aromatic rings. The highest BCUT2D eigenvalue weighted by molar-refractivity contribution is 5.76. The highest BCUT2D eigenvalue weighted by atomic mass is 16.5. The van der Waals surface area contributed by atoms with Crippen LogP contribution in [0.5, 0.6) is 0 Å². The highest BCUT2D eigenvalue weighted by Crippen LogP contribution is 2.21. The summed E-state index contributed by atoms with van der Waals surface area (Å²) in [5.74, 6) is -0.266. The third kappa shape index (κ3) is 3.69. The van der Waals surface area contributed by atoms with Gasteiger partial charge in [-0.1, -0.05) is 0 Å². The maximum atomic E-state index is 11.8. The molecule has 3 unspecified atom stereocenters. The number of hydrogen-bond acceptors (Lipinski definition) is 6. The number of β-amino-alcohol motifs (C(OH)–C–C–N with tert-alkyl or cyclic N) is 1. The van der Waals surface area contributed by atoms with Crippen LogP contribution in [0.25, 0.3) is 0 Å². The summed E-state index contributed by atoms with van der Waals surface area (Å²) in [4.78, 5) is 16.1. The molecule has 2 rings (SSSR count). The molecule has 20 heavy (non-hydrogen) atoms. The van der Waals surface area contributed by atoms with Gasteiger partial charge in [-0.05, 0) is 13.8 Å². The van der Waals surface area contributed by atoms with Crippen LogP contribution in [0.1, 0.15) is 20.3 Å². The lowest BCUT2D eigenvalue weighted by atomic mass is 10.2. The smallest absolute Gasteiger partial charge is 0.323 e. The first-order valence-corrected chi connectivity index (χ1v) is 7.36. The number of morpholine rings is 1. The monoisotopic (exact) mass is 286 g/mol. The van der Waals surface area contributed by atoms with Crippen LogP contribution in [0.4, 0.5) is 0 Å². The average Bonchev–Trinajstić information content (AvgIpc) is 2.79. The zero-order valence-corrected chi connectivity index (χ0v) is 12.6. The van der Waals surface area contributed by atoms with Gasteiger partial charge in [0, 0.05) is 38.6 Å². The third-order valence-electron chi connectivity index (χ3n) is 4.19. The molecule has 2 saturated heterocycles. The molecule has 6 heteroatoms. The Morgan fingerprint density at radius 3 is 2.85 bits per heavy atom. The molecular weight excluding hydrogens is 260 g/mol. The summed E-state index contributed by atoms with van der Waals surface area (Å²) in [7, 11) is 1.39. The van der Waals surface area contributed by atoms with E-state index in [1.165, 1.54) is 7.11 Å². The van der Waals surface area contributed by atoms with Gasteiger partial charge in [0.2, 0.25) is 0 Å². The topological polar surface area (TPSA) is 62.2 Å². The molecule has 3 atom stereocenters. The number of aliphatic hydroxyl groups is 1. The van der Waals surface area contributed by atoms with E-state index in [0.29, 0.717) is 25.6 Å². The molecule has 6 nitrogen and oxygen atoms in total. The van der Waals surface area contributed by atoms with Crippen molar-refractivity contribution in [3.05, 3.63) is 0 Å². The molecule has 2 aliphatic rings. The van der Waals surface area contributed by atoms with Crippen molar-refractivity contribution >= 4 is 5.97 Å². The van der Waals surface area contributed by atoms with Gasteiger partial charge in [-0.3, -0.25) is 14.6 Å². The minimum atomic E-state index is -0.455. The van der Waals surface area contributed by atoms with Gasteiger partial charge in [-0.15, -0.1) is 0 Å². The molecular formula is C14H26N2O4. The van der Waals surface area contributed by atoms with Crippen LogP contribution in [0.2, 0.25) is 0 Å². The Bertz CT molecular complexity index is 337. The fraction of sp³-hybridized carbons (Fsp3) is 0.929. The van der Waals surface area contributed by atoms with E-state index in [9.17, 15) is 9.90 Å². The summed E-state index contributed by atoms with van der Waals surface area (Å²) in [6, 6.07) is 0.162. The van der Waals surface area contributed by atoms with Crippen molar-refractivity contribution < 1.29 is 19.4 Å². The molecule has 2 fully saturated rings. The van der Waals surface area contributed by atoms with Crippen molar-refractivity contribution in [1.82, 2.24) is 9.80 Å². The summed E-state index contributed by atoms with van der Waals surface area (Å²) in [5.41, 5.74) is 0. The number of carbonyl (C=O) groups excluding carboxylic acids is 1. The zero-order chi connectivity index (χ0) is 14.7. The highest BCUT2D eigenvalue weighted by Gasteiger charge is 2.38. The lowest BCUT2D eigenvalue weighted by Crippen LogP contribution is -2.51. The van der Waals surface area contributed by atoms with Crippen molar-refractivity contribution in [2.75, 3.05) is 39.9 Å². The molecule has 0 saturated carbocycles. The van der Waals surface area contributed by atoms with E-state index in [4.69, 9.17) is 9.47 Å². The molecule has 2 heterocycles. The maximum Gasteiger partial charge on any atom is 0.323 e. The predicted molar refractivity (Wildman–Crippen MR) is 74.4 cm³/mol. The van der Waals surface area contributed by atoms with Gasteiger partial charge in [-0.25, -0.2) is 0 Å². The van der Waals surface area contributed by atoms with Crippen LogP contribution in [0.3, 0.4) is 0 Å². The van der Waals surface area contributed by atoms with Gasteiger partial charge in [0.1, 0.15) is 6.04 Å². The van der Waals surface area contributed by atoms with E-state index in [1.807, 2.05) is 4.90 Å². The number of esters is 1. The molecule has 116 valence electrons. The van der Waals surface area contributed by atoms with Crippen LogP contribution in [-0.4, -0.2) is 85.1 Å². The van der Waals surface area contributed by atoms with Gasteiger partial charge in [0.15, 0.2) is 0 Å². The van der Waals surface area contributed by atoms with Gasteiger partial charge >= 0.3 is 5.97 Å². The van der Waals surface area contributed by atoms with Gasteiger partial charge in [-0.2, -0.15) is 0 Å². The Kier molecular flexibility index (Phi) is 5.37. The number of hydrogen-bond donors (Lipinski definition) is 1. The Morgan fingerprint density at radius 1 is 1.45 bits per heavy atom. The lowest BCUT2D eigenvalue weighted by Gasteiger charge is -2.37.